The van der Waals surface area contributed by atoms with E-state index in [1.807, 2.05) is 30.3 Å². The smallest absolute Gasteiger partial charge is 0.329 e. The molecule has 80 valence electrons. The third-order valence-corrected chi connectivity index (χ3v) is 1.87. The molecular weight excluding hydrogens is 262 g/mol. The number of carbonyl (C=O) groups excluding carboxylic acids is 1. The number of benzene rings is 1. The summed E-state index contributed by atoms with van der Waals surface area (Å²) >= 11 is 3.31. The molecule has 5 heteroatoms. The summed E-state index contributed by atoms with van der Waals surface area (Å²) < 4.78 is 1.13. The molecule has 0 aliphatic rings. The maximum atomic E-state index is 9.82. The average Bonchev–Trinajstić information content (AvgIpc) is 2.20. The summed E-state index contributed by atoms with van der Waals surface area (Å²) in [6.07, 6.45) is 1.14. The van der Waals surface area contributed by atoms with Crippen molar-refractivity contribution in [2.45, 2.75) is 13.0 Å². The number of hydrogen-bond acceptors (Lipinski definition) is 3. The zero-order valence-corrected chi connectivity index (χ0v) is 9.64. The van der Waals surface area contributed by atoms with Gasteiger partial charge in [-0.15, -0.1) is 0 Å². The Morgan fingerprint density at radius 2 is 2.00 bits per heavy atom. The van der Waals surface area contributed by atoms with E-state index in [2.05, 4.69) is 20.9 Å². The van der Waals surface area contributed by atoms with Gasteiger partial charge < -0.3 is 5.11 Å². The molecule has 1 aromatic rings. The zero-order valence-electron chi connectivity index (χ0n) is 8.05. The van der Waals surface area contributed by atoms with Crippen LogP contribution in [0.5, 0.6) is 0 Å². The Kier molecular flexibility index (Phi) is 7.14. The molecule has 0 amide bonds. The van der Waals surface area contributed by atoms with Crippen molar-refractivity contribution in [3.63, 3.8) is 0 Å². The molecule has 1 rings (SSSR count). The quantitative estimate of drug-likeness (QED) is 0.663. The molecule has 0 aliphatic heterocycles. The largest absolute Gasteiger partial charge is 0.480 e. The Labute approximate surface area is 95.8 Å². The second-order valence-corrected chi connectivity index (χ2v) is 3.45. The topological polar surface area (TPSA) is 66.7 Å². The van der Waals surface area contributed by atoms with E-state index in [9.17, 15) is 9.59 Å². The van der Waals surface area contributed by atoms with E-state index in [0.717, 1.165) is 10.6 Å². The fraction of sp³-hybridized carbons (Fsp3) is 0.200. The van der Waals surface area contributed by atoms with Crippen LogP contribution in [0.4, 0.5) is 0 Å². The van der Waals surface area contributed by atoms with Crippen LogP contribution in [0, 0.1) is 0 Å². The molecule has 0 aliphatic carbocycles. The van der Waals surface area contributed by atoms with Gasteiger partial charge in [-0.25, -0.2) is 9.59 Å². The van der Waals surface area contributed by atoms with Crippen LogP contribution in [0.25, 0.3) is 0 Å². The highest BCUT2D eigenvalue weighted by molar-refractivity contribution is 9.10. The first-order valence-electron chi connectivity index (χ1n) is 4.08. The number of isocyanates is 1. The molecule has 1 unspecified atom stereocenters. The third-order valence-electron chi connectivity index (χ3n) is 1.34. The van der Waals surface area contributed by atoms with Crippen LogP contribution in [-0.2, 0) is 9.59 Å². The number of carboxylic acid groups (broad SMARTS) is 1. The molecule has 0 fully saturated rings. The number of carboxylic acids is 1. The number of nitrogens with zero attached hydrogens (tertiary/aromatic N) is 1. The molecule has 1 N–H and O–H groups in total. The lowest BCUT2D eigenvalue weighted by Gasteiger charge is -1.90. The van der Waals surface area contributed by atoms with Gasteiger partial charge in [0.2, 0.25) is 6.08 Å². The normalized spacial score (nSPS) is 10.3. The van der Waals surface area contributed by atoms with Crippen molar-refractivity contribution >= 4 is 28.0 Å². The minimum atomic E-state index is -1.12. The maximum Gasteiger partial charge on any atom is 0.329 e. The van der Waals surface area contributed by atoms with Crippen LogP contribution in [0.2, 0.25) is 0 Å². The van der Waals surface area contributed by atoms with Crippen molar-refractivity contribution < 1.29 is 14.7 Å². The van der Waals surface area contributed by atoms with Crippen molar-refractivity contribution in [3.05, 3.63) is 34.8 Å². The van der Waals surface area contributed by atoms with Crippen molar-refractivity contribution in [3.8, 4) is 0 Å². The van der Waals surface area contributed by atoms with E-state index < -0.39 is 12.0 Å². The lowest BCUT2D eigenvalue weighted by molar-refractivity contribution is -0.137. The average molecular weight is 272 g/mol. The van der Waals surface area contributed by atoms with Gasteiger partial charge in [-0.3, -0.25) is 0 Å². The van der Waals surface area contributed by atoms with Gasteiger partial charge in [-0.1, -0.05) is 34.1 Å². The number of rotatable bonds is 2. The summed E-state index contributed by atoms with van der Waals surface area (Å²) in [6.45, 7) is 1.30. The number of aliphatic carboxylic acids is 1. The lowest BCUT2D eigenvalue weighted by atomic mass is 10.4. The molecule has 4 nitrogen and oxygen atoms in total. The molecule has 0 saturated carbocycles. The van der Waals surface area contributed by atoms with E-state index in [0.29, 0.717) is 0 Å². The molecule has 1 atom stereocenters. The van der Waals surface area contributed by atoms with E-state index in [-0.39, 0.29) is 0 Å². The molecule has 0 aromatic heterocycles. The highest BCUT2D eigenvalue weighted by Gasteiger charge is 2.06. The van der Waals surface area contributed by atoms with Gasteiger partial charge in [0.15, 0.2) is 6.04 Å². The fourth-order valence-corrected chi connectivity index (χ4v) is 0.854. The predicted octanol–water partition coefficient (Wildman–Crippen LogP) is 2.24. The fourth-order valence-electron chi connectivity index (χ4n) is 0.549. The molecule has 0 radical (unpaired) electrons. The third kappa shape index (κ3) is 7.61. The van der Waals surface area contributed by atoms with Crippen molar-refractivity contribution in [1.82, 2.24) is 0 Å². The summed E-state index contributed by atoms with van der Waals surface area (Å²) in [5, 5.41) is 8.04. The predicted molar refractivity (Wildman–Crippen MR) is 59.4 cm³/mol. The van der Waals surface area contributed by atoms with Crippen LogP contribution >= 0.6 is 15.9 Å². The minimum absolute atomic E-state index is 0.965. The first-order chi connectivity index (χ1) is 7.07. The Hall–Kier alpha value is -1.45. The van der Waals surface area contributed by atoms with Crippen molar-refractivity contribution in [1.29, 1.82) is 0 Å². The van der Waals surface area contributed by atoms with Gasteiger partial charge in [0.1, 0.15) is 0 Å². The van der Waals surface area contributed by atoms with Gasteiger partial charge in [0.25, 0.3) is 0 Å². The van der Waals surface area contributed by atoms with E-state index >= 15 is 0 Å². The molecule has 1 aromatic carbocycles. The number of halogens is 1. The van der Waals surface area contributed by atoms with E-state index in [1.165, 1.54) is 6.92 Å². The molecular formula is C10H10BrNO3. The van der Waals surface area contributed by atoms with Crippen molar-refractivity contribution in [2.75, 3.05) is 0 Å². The molecule has 0 bridgehead atoms. The van der Waals surface area contributed by atoms with Crippen molar-refractivity contribution in [2.24, 2.45) is 4.99 Å². The highest BCUT2D eigenvalue weighted by atomic mass is 79.9. The first-order valence-corrected chi connectivity index (χ1v) is 4.87. The van der Waals surface area contributed by atoms with Crippen LogP contribution < -0.4 is 0 Å². The van der Waals surface area contributed by atoms with Gasteiger partial charge in [-0.05, 0) is 19.1 Å². The minimum Gasteiger partial charge on any atom is -0.480 e. The monoisotopic (exact) mass is 271 g/mol. The lowest BCUT2D eigenvalue weighted by Crippen LogP contribution is -2.12. The number of carbonyl (C=O) groups is 1. The molecule has 0 heterocycles. The van der Waals surface area contributed by atoms with Crippen LogP contribution in [0.15, 0.2) is 39.8 Å². The SMILES string of the molecule is Brc1ccccc1.CC(N=C=O)C(=O)O. The second kappa shape index (κ2) is 7.91. The summed E-state index contributed by atoms with van der Waals surface area (Å²) in [4.78, 5) is 22.1. The Morgan fingerprint density at radius 1 is 1.47 bits per heavy atom. The summed E-state index contributed by atoms with van der Waals surface area (Å²) in [5.74, 6) is -1.12. The van der Waals surface area contributed by atoms with Crippen LogP contribution in [-0.4, -0.2) is 23.2 Å². The van der Waals surface area contributed by atoms with Crippen LogP contribution in [0.1, 0.15) is 6.92 Å². The molecule has 0 spiro atoms. The maximum absolute atomic E-state index is 9.82. The number of aliphatic imine (C=N–C) groups is 1. The molecule has 15 heavy (non-hydrogen) atoms. The Balaban J connectivity index is 0.000000262. The summed E-state index contributed by atoms with van der Waals surface area (Å²) in [7, 11) is 0. The molecule has 0 saturated heterocycles. The van der Waals surface area contributed by atoms with E-state index in [4.69, 9.17) is 5.11 Å². The van der Waals surface area contributed by atoms with Gasteiger partial charge in [0, 0.05) is 4.47 Å². The van der Waals surface area contributed by atoms with Crippen LogP contribution in [0.3, 0.4) is 0 Å². The summed E-state index contributed by atoms with van der Waals surface area (Å²) in [5.41, 5.74) is 0. The van der Waals surface area contributed by atoms with Gasteiger partial charge >= 0.3 is 5.97 Å². The van der Waals surface area contributed by atoms with E-state index in [1.54, 1.807) is 0 Å². The summed E-state index contributed by atoms with van der Waals surface area (Å²) in [6, 6.07) is 9.01. The Morgan fingerprint density at radius 3 is 2.20 bits per heavy atom. The number of hydrogen-bond donors (Lipinski definition) is 1. The second-order valence-electron chi connectivity index (χ2n) is 2.53. The van der Waals surface area contributed by atoms with Gasteiger partial charge in [-0.2, -0.15) is 4.99 Å². The standard InChI is InChI=1S/C6H5Br.C4H5NO3/c7-6-4-2-1-3-5-6;1-3(4(7)8)5-2-6/h1-5H;3H,1H3,(H,7,8). The first kappa shape index (κ1) is 13.5. The zero-order chi connectivity index (χ0) is 11.7. The highest BCUT2D eigenvalue weighted by Crippen LogP contribution is 2.05. The van der Waals surface area contributed by atoms with Gasteiger partial charge in [0.05, 0.1) is 0 Å². The Bertz CT molecular complexity index is 345.